The van der Waals surface area contributed by atoms with Crippen molar-refractivity contribution in [3.8, 4) is 11.5 Å². The fourth-order valence-electron chi connectivity index (χ4n) is 13.5. The number of carbonyl (C=O) groups excluding carboxylic acids is 13. The van der Waals surface area contributed by atoms with Gasteiger partial charge in [-0.15, -0.1) is 11.8 Å². The molecular formula is C81H96N20O15S3. The third-order valence-electron chi connectivity index (χ3n) is 19.8. The molecule has 3 unspecified atom stereocenters. The number of imidazole rings is 1. The van der Waals surface area contributed by atoms with Crippen LogP contribution in [0.1, 0.15) is 59.7 Å². The number of benzene rings is 6. The van der Waals surface area contributed by atoms with Crippen LogP contribution in [0.3, 0.4) is 0 Å². The number of hydrogen-bond acceptors (Lipinski definition) is 21. The summed E-state index contributed by atoms with van der Waals surface area (Å²) in [6.07, 6.45) is 2.47. The molecule has 38 heteroatoms. The van der Waals surface area contributed by atoms with Gasteiger partial charge in [-0.25, -0.2) is 4.98 Å². The fraction of sp³-hybridized carbons (Fsp3) is 0.346. The van der Waals surface area contributed by atoms with Crippen LogP contribution in [0, 0.1) is 5.41 Å². The summed E-state index contributed by atoms with van der Waals surface area (Å²) in [5.41, 5.74) is 27.4. The minimum absolute atomic E-state index is 0.0420. The van der Waals surface area contributed by atoms with Crippen molar-refractivity contribution in [1.82, 2.24) is 78.3 Å². The second-order valence-electron chi connectivity index (χ2n) is 28.9. The topological polar surface area (TPSA) is 570 Å². The summed E-state index contributed by atoms with van der Waals surface area (Å²) in [6.45, 7) is 0.933. The lowest BCUT2D eigenvalue weighted by Gasteiger charge is -2.36. The van der Waals surface area contributed by atoms with E-state index in [0.29, 0.717) is 38.7 Å². The average Bonchev–Trinajstić information content (AvgIpc) is 1.70. The molecule has 0 radical (unpaired) electrons. The molecule has 0 spiro atoms. The molecule has 8 aromatic rings. The first-order chi connectivity index (χ1) is 57.1. The molecule has 35 nitrogen and oxygen atoms in total. The number of guanidine groups is 1. The van der Waals surface area contributed by atoms with Gasteiger partial charge in [0, 0.05) is 91.8 Å². The van der Waals surface area contributed by atoms with Crippen molar-refractivity contribution in [2.24, 2.45) is 22.9 Å². The highest BCUT2D eigenvalue weighted by Gasteiger charge is 2.40. The molecule has 0 aliphatic carbocycles. The minimum Gasteiger partial charge on any atom is -0.508 e. The zero-order chi connectivity index (χ0) is 85.2. The standard InChI is InChI=1S/C81H96N20O15S3/c1-44-71(107)94-60(31-45-10-3-2-4-11-45)74(110)100-66(78(114)93-59(70(84)106)30-47-20-25-55(103)26-21-47)41-119-118-40-65(98-72(108)57(82)29-46-18-23-54(102)24-19-46)79(115)96-62(34-53-37-87-43-90-53)76(112)95-61(32-48-17-22-49-12-5-6-13-50(49)28-48)75(111)99-64-39-117-42-69(105)101(38-52(92-77(64)113)14-9-27-88-81(85)86)67(33-51-36-89-58-16-8-7-15-56(51)58)80(116)97-63(35-68(83)104)73(109)91-44/h2-8,10-13,15-26,28,36-37,43-44,52,57,59-67,89,102-103H,9,14,27,29-35,38-42,82H2,1H3,(H2,83,104)(H2,84,106)(H,87,90)(H,91,109)(H,92,113)(H,93,114)(H,94,107)(H,95,112)(H,96,115)(H,97,116)(H,98,108)(H,99,111)(H,100,110)(H4,85,86,88)/t44-,52-,57-,59-,60?,61+,62-,63-,64+,65?,66-,67?/m0/s1. The molecular weight excluding hydrogens is 1590 g/mol. The van der Waals surface area contributed by atoms with E-state index in [2.05, 4.69) is 73.4 Å². The van der Waals surface area contributed by atoms with Crippen LogP contribution < -0.4 is 81.4 Å². The number of aromatic amines is 2. The van der Waals surface area contributed by atoms with E-state index in [1.807, 2.05) is 36.4 Å². The molecule has 13 amide bonds. The molecule has 5 heterocycles. The molecule has 119 heavy (non-hydrogen) atoms. The van der Waals surface area contributed by atoms with Gasteiger partial charge in [0.05, 0.1) is 30.2 Å². The summed E-state index contributed by atoms with van der Waals surface area (Å²) in [5, 5.41) is 60.2. The molecule has 3 aliphatic rings. The van der Waals surface area contributed by atoms with Crippen molar-refractivity contribution in [2.45, 2.75) is 137 Å². The first kappa shape index (κ1) is 88.7. The predicted octanol–water partition coefficient (Wildman–Crippen LogP) is -0.630. The number of aromatic hydroxyl groups is 2. The smallest absolute Gasteiger partial charge is 0.244 e. The molecule has 2 aromatic heterocycles. The van der Waals surface area contributed by atoms with Crippen LogP contribution in [0.2, 0.25) is 0 Å². The number of primary amides is 2. The van der Waals surface area contributed by atoms with E-state index in [0.717, 1.165) is 44.1 Å². The van der Waals surface area contributed by atoms with Crippen molar-refractivity contribution in [2.75, 3.05) is 36.1 Å². The number of thioether (sulfide) groups is 1. The summed E-state index contributed by atoms with van der Waals surface area (Å²) in [7, 11) is 1.79. The van der Waals surface area contributed by atoms with E-state index in [9.17, 15) is 39.0 Å². The zero-order valence-electron chi connectivity index (χ0n) is 64.8. The number of hydrogen-bond donors (Lipinski definition) is 20. The molecule has 3 saturated heterocycles. The number of H-pyrrole nitrogens is 2. The number of nitrogens with one attached hydrogen (secondary N) is 14. The van der Waals surface area contributed by atoms with Gasteiger partial charge in [0.1, 0.15) is 71.9 Å². The number of rotatable bonds is 23. The summed E-state index contributed by atoms with van der Waals surface area (Å²) < 4.78 is 0. The summed E-state index contributed by atoms with van der Waals surface area (Å²) in [6, 6.07) is 21.5. The number of phenols is 2. The first-order valence-electron chi connectivity index (χ1n) is 38.3. The van der Waals surface area contributed by atoms with E-state index in [4.69, 9.17) is 28.3 Å². The number of nitrogens with two attached hydrogens (primary N) is 4. The number of aromatic nitrogens is 3. The lowest BCUT2D eigenvalue weighted by atomic mass is 10.00. The number of phenolic OH excluding ortho intramolecular Hbond substituents is 2. The highest BCUT2D eigenvalue weighted by molar-refractivity contribution is 8.76. The zero-order valence-corrected chi connectivity index (χ0v) is 67.2. The van der Waals surface area contributed by atoms with Gasteiger partial charge in [-0.3, -0.25) is 67.7 Å². The maximum absolute atomic E-state index is 15.5. The van der Waals surface area contributed by atoms with Crippen molar-refractivity contribution in [1.29, 1.82) is 5.41 Å². The molecule has 3 aliphatic heterocycles. The van der Waals surface area contributed by atoms with E-state index >= 15 is 33.6 Å². The lowest BCUT2D eigenvalue weighted by molar-refractivity contribution is -0.141. The Morgan fingerprint density at radius 2 is 1.20 bits per heavy atom. The minimum atomic E-state index is -1.85. The summed E-state index contributed by atoms with van der Waals surface area (Å²) >= 11 is 0.920. The van der Waals surface area contributed by atoms with Gasteiger partial charge in [-0.2, -0.15) is 0 Å². The Morgan fingerprint density at radius 3 is 1.89 bits per heavy atom. The first-order valence-corrected chi connectivity index (χ1v) is 41.9. The van der Waals surface area contributed by atoms with Gasteiger partial charge in [0.15, 0.2) is 5.96 Å². The highest BCUT2D eigenvalue weighted by atomic mass is 33.1. The van der Waals surface area contributed by atoms with E-state index in [1.54, 1.807) is 79.0 Å². The molecule has 0 saturated carbocycles. The normalized spacial score (nSPS) is 21.9. The molecule has 2 bridgehead atoms. The van der Waals surface area contributed by atoms with Crippen molar-refractivity contribution in [3.63, 3.8) is 0 Å². The Morgan fingerprint density at radius 1 is 0.597 bits per heavy atom. The number of para-hydroxylation sites is 1. The van der Waals surface area contributed by atoms with Crippen molar-refractivity contribution in [3.05, 3.63) is 198 Å². The maximum atomic E-state index is 15.5. The Bertz CT molecular complexity index is 4950. The van der Waals surface area contributed by atoms with Gasteiger partial charge in [0.2, 0.25) is 76.8 Å². The largest absolute Gasteiger partial charge is 0.508 e. The van der Waals surface area contributed by atoms with E-state index in [1.165, 1.54) is 60.7 Å². The SMILES string of the molecule is C[C@@H]1NC(=O)[C@H](CC(N)=O)NC(=O)C(Cc2c[nH]c3ccccc23)N2C[C@H](CCCNC(=N)N)NC(=O)[C@@H](CSCC2=O)NC(=O)[C@@H](Cc2ccc3ccccc3c2)NC(=O)[C@H](Cc2c[nH]cn2)NC(=O)C(NC(=O)[C@@H](N)Cc2ccc(O)cc2)CSSC[C@@H](C(=O)N[C@@H](Cc2ccc(O)cc2)C(N)=O)NC(=O)C(Cc2ccccc2)NC1=O. The lowest BCUT2D eigenvalue weighted by Crippen LogP contribution is -2.62. The molecule has 12 atom stereocenters. The molecule has 24 N–H and O–H groups in total. The van der Waals surface area contributed by atoms with Gasteiger partial charge in [-0.1, -0.05) is 137 Å². The average molecular weight is 1690 g/mol. The maximum Gasteiger partial charge on any atom is 0.244 e. The molecule has 11 rings (SSSR count). The Balaban J connectivity index is 1.06. The predicted molar refractivity (Wildman–Crippen MR) is 449 cm³/mol. The van der Waals surface area contributed by atoms with Crippen molar-refractivity contribution >= 4 is 138 Å². The van der Waals surface area contributed by atoms with Crippen LogP contribution in [0.5, 0.6) is 11.5 Å². The van der Waals surface area contributed by atoms with E-state index < -0.39 is 174 Å². The van der Waals surface area contributed by atoms with Crippen LogP contribution in [-0.2, 0) is 101 Å². The van der Waals surface area contributed by atoms with Gasteiger partial charge < -0.3 is 107 Å². The van der Waals surface area contributed by atoms with Crippen LogP contribution >= 0.6 is 33.3 Å². The van der Waals surface area contributed by atoms with Crippen LogP contribution in [0.15, 0.2) is 164 Å². The highest BCUT2D eigenvalue weighted by Crippen LogP contribution is 2.27. The summed E-state index contributed by atoms with van der Waals surface area (Å²) in [4.78, 5) is 204. The summed E-state index contributed by atoms with van der Waals surface area (Å²) in [5.74, 6) is -14.3. The van der Waals surface area contributed by atoms with Gasteiger partial charge in [-0.05, 0) is 95.1 Å². The van der Waals surface area contributed by atoms with Crippen LogP contribution in [0.4, 0.5) is 0 Å². The number of carbonyl (C=O) groups is 13. The second kappa shape index (κ2) is 43.0. The fourth-order valence-corrected chi connectivity index (χ4v) is 16.7. The Kier molecular flexibility index (Phi) is 32.0. The van der Waals surface area contributed by atoms with E-state index in [-0.39, 0.29) is 92.6 Å². The van der Waals surface area contributed by atoms with Crippen LogP contribution in [-0.4, -0.2) is 221 Å². The third-order valence-corrected chi connectivity index (χ3v) is 23.3. The monoisotopic (exact) mass is 1680 g/mol. The van der Waals surface area contributed by atoms with Crippen molar-refractivity contribution < 1.29 is 72.5 Å². The quantitative estimate of drug-likeness (QED) is 0.0125. The molecule has 628 valence electrons. The second-order valence-corrected chi connectivity index (χ2v) is 32.5. The Labute approximate surface area is 695 Å². The van der Waals surface area contributed by atoms with Gasteiger partial charge >= 0.3 is 0 Å². The molecule has 6 aromatic carbocycles. The number of nitrogens with zero attached hydrogens (tertiary/aromatic N) is 2. The van der Waals surface area contributed by atoms with Crippen LogP contribution in [0.25, 0.3) is 21.7 Å². The Hall–Kier alpha value is -12.7. The molecule has 3 fully saturated rings. The van der Waals surface area contributed by atoms with Gasteiger partial charge in [0.25, 0.3) is 0 Å². The number of amides is 13. The number of fused-ring (bicyclic) bond motifs is 33. The third kappa shape index (κ3) is 26.4.